The summed E-state index contributed by atoms with van der Waals surface area (Å²) in [4.78, 5) is 41.6. The fraction of sp³-hybridized carbons (Fsp3) is 0.667. The Balaban J connectivity index is 1.37. The third-order valence-corrected chi connectivity index (χ3v) is 11.6. The van der Waals surface area contributed by atoms with Crippen molar-refractivity contribution in [2.75, 3.05) is 12.3 Å². The average molecular weight is 516 g/mol. The van der Waals surface area contributed by atoms with Crippen molar-refractivity contribution in [3.8, 4) is 0 Å². The molecule has 4 aliphatic rings. The van der Waals surface area contributed by atoms with E-state index in [9.17, 15) is 22.8 Å². The van der Waals surface area contributed by atoms with Gasteiger partial charge in [0.25, 0.3) is 0 Å². The van der Waals surface area contributed by atoms with Crippen LogP contribution in [0.5, 0.6) is 0 Å². The number of hydrogen-bond donors (Lipinski definition) is 2. The largest absolute Gasteiger partial charge is 0.332 e. The van der Waals surface area contributed by atoms with Crippen molar-refractivity contribution in [3.05, 3.63) is 30.3 Å². The second kappa shape index (κ2) is 8.30. The number of carbonyl (C=O) groups is 3. The smallest absolute Gasteiger partial charge is 0.316 e. The van der Waals surface area contributed by atoms with Gasteiger partial charge in [0.2, 0.25) is 5.91 Å². The molecular weight excluding hydrogens is 478 g/mol. The van der Waals surface area contributed by atoms with Crippen LogP contribution in [0.25, 0.3) is 0 Å². The van der Waals surface area contributed by atoms with Crippen LogP contribution in [0.1, 0.15) is 72.1 Å². The lowest BCUT2D eigenvalue weighted by Crippen LogP contribution is -2.62. The maximum atomic E-state index is 13.9. The molecule has 1 heterocycles. The number of nitrogens with one attached hydrogen (secondary N) is 2. The molecule has 1 aromatic carbocycles. The summed E-state index contributed by atoms with van der Waals surface area (Å²) >= 11 is 0. The number of hydrogen-bond acceptors (Lipinski definition) is 5. The van der Waals surface area contributed by atoms with Crippen LogP contribution in [0.15, 0.2) is 35.2 Å². The van der Waals surface area contributed by atoms with E-state index < -0.39 is 37.9 Å². The molecule has 196 valence electrons. The summed E-state index contributed by atoms with van der Waals surface area (Å²) in [6.07, 6.45) is 5.66. The Morgan fingerprint density at radius 3 is 2.17 bits per heavy atom. The van der Waals surface area contributed by atoms with E-state index in [1.165, 1.54) is 0 Å². The highest BCUT2D eigenvalue weighted by Gasteiger charge is 2.77. The molecule has 4 fully saturated rings. The minimum absolute atomic E-state index is 0.103. The molecule has 1 spiro atoms. The van der Waals surface area contributed by atoms with E-state index in [1.807, 2.05) is 20.8 Å². The van der Waals surface area contributed by atoms with Gasteiger partial charge in [-0.2, -0.15) is 0 Å². The van der Waals surface area contributed by atoms with Crippen molar-refractivity contribution in [2.45, 2.75) is 93.7 Å². The molecule has 3 atom stereocenters. The molecule has 3 aliphatic carbocycles. The van der Waals surface area contributed by atoms with Crippen molar-refractivity contribution in [3.63, 3.8) is 0 Å². The molecule has 3 amide bonds. The summed E-state index contributed by atoms with van der Waals surface area (Å²) in [6, 6.07) is 7.82. The second-order valence-corrected chi connectivity index (χ2v) is 13.9. The number of rotatable bonds is 6. The van der Waals surface area contributed by atoms with Gasteiger partial charge in [-0.05, 0) is 43.7 Å². The van der Waals surface area contributed by atoms with Gasteiger partial charge in [-0.15, -0.1) is 0 Å². The lowest BCUT2D eigenvalue weighted by Gasteiger charge is -2.39. The van der Waals surface area contributed by atoms with Gasteiger partial charge in [0.15, 0.2) is 15.6 Å². The number of nitrogens with zero attached hydrogens (tertiary/aromatic N) is 1. The van der Waals surface area contributed by atoms with Gasteiger partial charge in [0, 0.05) is 18.4 Å². The summed E-state index contributed by atoms with van der Waals surface area (Å²) < 4.78 is 26.5. The van der Waals surface area contributed by atoms with Crippen molar-refractivity contribution in [1.82, 2.24) is 15.5 Å². The molecule has 0 bridgehead atoms. The maximum absolute atomic E-state index is 13.9. The predicted octanol–water partition coefficient (Wildman–Crippen LogP) is 3.21. The first-order valence-electron chi connectivity index (χ1n) is 13.1. The van der Waals surface area contributed by atoms with Crippen LogP contribution < -0.4 is 10.6 Å². The lowest BCUT2D eigenvalue weighted by atomic mass is 9.83. The summed E-state index contributed by atoms with van der Waals surface area (Å²) in [7, 11) is -3.62. The second-order valence-electron chi connectivity index (χ2n) is 11.9. The standard InChI is InChI=1S/C27H37N3O5S/c1-19-24(2,3)27(19,22(32)30-16-10-15-26(30)17-21(26)31)29-23(33)28-25(13-8-5-9-14-25)18-36(34,35)20-11-6-4-7-12-20/h4,6-7,11-12,19H,5,8-10,13-18H2,1-3H3,(H2,28,29,33)/t19-,26?,27?/m1/s1. The monoisotopic (exact) mass is 515 g/mol. The number of ketones is 1. The van der Waals surface area contributed by atoms with E-state index in [0.717, 1.165) is 25.7 Å². The van der Waals surface area contributed by atoms with Crippen LogP contribution in [0.2, 0.25) is 0 Å². The Kier molecular flexibility index (Phi) is 5.82. The van der Waals surface area contributed by atoms with E-state index in [0.29, 0.717) is 32.2 Å². The topological polar surface area (TPSA) is 113 Å². The quantitative estimate of drug-likeness (QED) is 0.604. The molecule has 2 unspecified atom stereocenters. The lowest BCUT2D eigenvalue weighted by molar-refractivity contribution is -0.138. The summed E-state index contributed by atoms with van der Waals surface area (Å²) in [5.41, 5.74) is -3.18. The van der Waals surface area contributed by atoms with Crippen LogP contribution in [0.3, 0.4) is 0 Å². The number of sulfone groups is 1. The van der Waals surface area contributed by atoms with Gasteiger partial charge in [0.05, 0.1) is 16.2 Å². The molecule has 2 N–H and O–H groups in total. The normalized spacial score (nSPS) is 32.2. The fourth-order valence-corrected chi connectivity index (χ4v) is 8.77. The van der Waals surface area contributed by atoms with Crippen molar-refractivity contribution < 1.29 is 22.8 Å². The van der Waals surface area contributed by atoms with Crippen LogP contribution in [-0.4, -0.2) is 60.0 Å². The number of amides is 3. The SMILES string of the molecule is C[C@@H]1C(C)(C)C1(NC(=O)NC1(CS(=O)(=O)c2ccccc2)CCCCC1)C(=O)N1CCCC12CC2=O. The van der Waals surface area contributed by atoms with Crippen molar-refractivity contribution in [2.24, 2.45) is 11.3 Å². The van der Waals surface area contributed by atoms with Gasteiger partial charge < -0.3 is 15.5 Å². The molecule has 1 saturated heterocycles. The number of benzene rings is 1. The molecule has 1 aliphatic heterocycles. The molecule has 5 rings (SSSR count). The maximum Gasteiger partial charge on any atom is 0.316 e. The Labute approximate surface area is 213 Å². The first-order chi connectivity index (χ1) is 16.9. The fourth-order valence-electron chi connectivity index (χ4n) is 6.95. The third-order valence-electron chi connectivity index (χ3n) is 9.65. The Hall–Kier alpha value is -2.42. The zero-order chi connectivity index (χ0) is 26.0. The molecule has 36 heavy (non-hydrogen) atoms. The van der Waals surface area contributed by atoms with E-state index in [-0.39, 0.29) is 28.3 Å². The zero-order valence-corrected chi connectivity index (χ0v) is 22.2. The van der Waals surface area contributed by atoms with Gasteiger partial charge in [-0.1, -0.05) is 58.2 Å². The molecule has 3 saturated carbocycles. The van der Waals surface area contributed by atoms with Gasteiger partial charge in [0.1, 0.15) is 11.1 Å². The molecule has 9 heteroatoms. The molecule has 1 aromatic rings. The van der Waals surface area contributed by atoms with E-state index >= 15 is 0 Å². The minimum atomic E-state index is -3.62. The van der Waals surface area contributed by atoms with Crippen molar-refractivity contribution in [1.29, 1.82) is 0 Å². The highest BCUT2D eigenvalue weighted by molar-refractivity contribution is 7.91. The van der Waals surface area contributed by atoms with E-state index in [2.05, 4.69) is 10.6 Å². The van der Waals surface area contributed by atoms with Gasteiger partial charge >= 0.3 is 6.03 Å². The number of likely N-dealkylation sites (tertiary alicyclic amines) is 1. The summed E-state index contributed by atoms with van der Waals surface area (Å²) in [5.74, 6) is -0.384. The highest BCUT2D eigenvalue weighted by Crippen LogP contribution is 2.63. The number of carbonyl (C=O) groups excluding carboxylic acids is 3. The average Bonchev–Trinajstić information content (AvgIpc) is 3.47. The van der Waals surface area contributed by atoms with Crippen LogP contribution in [0.4, 0.5) is 4.79 Å². The summed E-state index contributed by atoms with van der Waals surface area (Å²) in [6.45, 7) is 6.40. The van der Waals surface area contributed by atoms with Crippen molar-refractivity contribution >= 4 is 27.6 Å². The molecule has 8 nitrogen and oxygen atoms in total. The zero-order valence-electron chi connectivity index (χ0n) is 21.4. The minimum Gasteiger partial charge on any atom is -0.332 e. The first-order valence-corrected chi connectivity index (χ1v) is 14.8. The molecule has 0 radical (unpaired) electrons. The van der Waals surface area contributed by atoms with Gasteiger partial charge in [-0.3, -0.25) is 9.59 Å². The first kappa shape index (κ1) is 25.2. The molecular formula is C27H37N3O5S. The van der Waals surface area contributed by atoms with E-state index in [1.54, 1.807) is 35.2 Å². The Morgan fingerprint density at radius 1 is 1.00 bits per heavy atom. The van der Waals surface area contributed by atoms with Crippen LogP contribution in [-0.2, 0) is 19.4 Å². The number of urea groups is 1. The highest BCUT2D eigenvalue weighted by atomic mass is 32.2. The van der Waals surface area contributed by atoms with Gasteiger partial charge in [-0.25, -0.2) is 13.2 Å². The summed E-state index contributed by atoms with van der Waals surface area (Å²) in [5, 5.41) is 6.05. The van der Waals surface area contributed by atoms with E-state index in [4.69, 9.17) is 0 Å². The third kappa shape index (κ3) is 3.76. The Bertz CT molecular complexity index is 1190. The molecule has 0 aromatic heterocycles. The number of Topliss-reactive ketones (excluding diaryl/α,β-unsaturated/α-hetero) is 1. The Morgan fingerprint density at radius 2 is 1.61 bits per heavy atom. The van der Waals surface area contributed by atoms with Crippen LogP contribution in [0, 0.1) is 11.3 Å². The van der Waals surface area contributed by atoms with Crippen LogP contribution >= 0.6 is 0 Å². The predicted molar refractivity (Wildman–Crippen MR) is 135 cm³/mol.